The summed E-state index contributed by atoms with van der Waals surface area (Å²) in [6, 6.07) is 0.0650. The van der Waals surface area contributed by atoms with Gasteiger partial charge in [0.1, 0.15) is 0 Å². The highest BCUT2D eigenvalue weighted by Gasteiger charge is 2.20. The smallest absolute Gasteiger partial charge is 0.309 e. The van der Waals surface area contributed by atoms with Gasteiger partial charge in [-0.2, -0.15) is 0 Å². The molecule has 0 radical (unpaired) electrons. The predicted molar refractivity (Wildman–Crippen MR) is 30.6 cm³/mol. The van der Waals surface area contributed by atoms with Gasteiger partial charge in [-0.05, 0) is 6.92 Å². The molecule has 2 amide bonds. The summed E-state index contributed by atoms with van der Waals surface area (Å²) in [5.74, 6) is -1.07. The van der Waals surface area contributed by atoms with Crippen LogP contribution in [0.2, 0.25) is 0 Å². The molecule has 2 N–H and O–H groups in total. The Kier molecular flexibility index (Phi) is 1.38. The van der Waals surface area contributed by atoms with Crippen molar-refractivity contribution < 1.29 is 9.59 Å². The summed E-state index contributed by atoms with van der Waals surface area (Å²) in [4.78, 5) is 20.9. The molecular weight excluding hydrogens is 120 g/mol. The van der Waals surface area contributed by atoms with Gasteiger partial charge in [-0.15, -0.1) is 0 Å². The maximum absolute atomic E-state index is 10.5. The minimum Gasteiger partial charge on any atom is -0.346 e. The summed E-state index contributed by atoms with van der Waals surface area (Å²) >= 11 is 0. The van der Waals surface area contributed by atoms with Crippen LogP contribution < -0.4 is 10.6 Å². The lowest BCUT2D eigenvalue weighted by atomic mass is 10.3. The summed E-state index contributed by atoms with van der Waals surface area (Å²) in [6.45, 7) is 2.36. The maximum atomic E-state index is 10.5. The van der Waals surface area contributed by atoms with Crippen molar-refractivity contribution in [2.75, 3.05) is 6.54 Å². The third-order valence-corrected chi connectivity index (χ3v) is 1.15. The second-order valence-corrected chi connectivity index (χ2v) is 2.08. The number of hydrogen-bond acceptors (Lipinski definition) is 2. The highest BCUT2D eigenvalue weighted by molar-refractivity contribution is 6.35. The number of piperazine rings is 1. The van der Waals surface area contributed by atoms with Gasteiger partial charge < -0.3 is 10.6 Å². The van der Waals surface area contributed by atoms with Crippen LogP contribution >= 0.6 is 0 Å². The van der Waals surface area contributed by atoms with E-state index in [0.717, 1.165) is 0 Å². The van der Waals surface area contributed by atoms with Crippen LogP contribution in [0.3, 0.4) is 0 Å². The SMILES string of the molecule is C[C@@H]1CNC(=O)C(=O)N1. The van der Waals surface area contributed by atoms with Crippen molar-refractivity contribution in [3.63, 3.8) is 0 Å². The highest BCUT2D eigenvalue weighted by atomic mass is 16.2. The Labute approximate surface area is 52.6 Å². The molecule has 0 saturated carbocycles. The molecule has 1 aliphatic rings. The minimum absolute atomic E-state index is 0.0650. The Hall–Kier alpha value is -1.06. The Balaban J connectivity index is 2.54. The molecule has 0 spiro atoms. The van der Waals surface area contributed by atoms with Gasteiger partial charge in [-0.3, -0.25) is 9.59 Å². The second-order valence-electron chi connectivity index (χ2n) is 2.08. The summed E-state index contributed by atoms with van der Waals surface area (Å²) < 4.78 is 0. The van der Waals surface area contributed by atoms with Crippen LogP contribution in [0.4, 0.5) is 0 Å². The molecule has 50 valence electrons. The van der Waals surface area contributed by atoms with E-state index >= 15 is 0 Å². The van der Waals surface area contributed by atoms with Crippen molar-refractivity contribution in [2.24, 2.45) is 0 Å². The standard InChI is InChI=1S/C5H8N2O2/c1-3-2-6-4(8)5(9)7-3/h3H,2H2,1H3,(H,6,8)(H,7,9)/t3-/m1/s1. The highest BCUT2D eigenvalue weighted by Crippen LogP contribution is 1.85. The molecule has 1 atom stereocenters. The maximum Gasteiger partial charge on any atom is 0.309 e. The van der Waals surface area contributed by atoms with Gasteiger partial charge in [-0.1, -0.05) is 0 Å². The first-order valence-corrected chi connectivity index (χ1v) is 2.79. The molecule has 1 fully saturated rings. The molecule has 1 aliphatic heterocycles. The van der Waals surface area contributed by atoms with Crippen LogP contribution in [-0.4, -0.2) is 24.4 Å². The number of rotatable bonds is 0. The quantitative estimate of drug-likeness (QED) is 0.395. The summed E-state index contributed by atoms with van der Waals surface area (Å²) in [5.41, 5.74) is 0. The van der Waals surface area contributed by atoms with E-state index in [2.05, 4.69) is 10.6 Å². The van der Waals surface area contributed by atoms with E-state index in [1.165, 1.54) is 0 Å². The van der Waals surface area contributed by atoms with E-state index in [1.54, 1.807) is 0 Å². The van der Waals surface area contributed by atoms with Gasteiger partial charge in [0.05, 0.1) is 0 Å². The minimum atomic E-state index is -0.534. The monoisotopic (exact) mass is 128 g/mol. The fraction of sp³-hybridized carbons (Fsp3) is 0.600. The predicted octanol–water partition coefficient (Wildman–Crippen LogP) is -1.38. The third kappa shape index (κ3) is 1.19. The molecular formula is C5H8N2O2. The Morgan fingerprint density at radius 3 is 2.56 bits per heavy atom. The second kappa shape index (κ2) is 2.05. The lowest BCUT2D eigenvalue weighted by molar-refractivity contribution is -0.141. The van der Waals surface area contributed by atoms with Gasteiger partial charge in [0.2, 0.25) is 0 Å². The summed E-state index contributed by atoms with van der Waals surface area (Å²) in [7, 11) is 0. The topological polar surface area (TPSA) is 58.2 Å². The summed E-state index contributed by atoms with van der Waals surface area (Å²) in [5, 5.41) is 4.91. The largest absolute Gasteiger partial charge is 0.346 e. The first-order chi connectivity index (χ1) is 4.20. The van der Waals surface area contributed by atoms with E-state index in [0.29, 0.717) is 6.54 Å². The van der Waals surface area contributed by atoms with Crippen LogP contribution in [-0.2, 0) is 9.59 Å². The van der Waals surface area contributed by atoms with E-state index in [1.807, 2.05) is 6.92 Å². The van der Waals surface area contributed by atoms with Crippen molar-refractivity contribution in [3.8, 4) is 0 Å². The van der Waals surface area contributed by atoms with Crippen LogP contribution in [0.5, 0.6) is 0 Å². The number of hydrogen-bond donors (Lipinski definition) is 2. The lowest BCUT2D eigenvalue weighted by Crippen LogP contribution is -2.54. The van der Waals surface area contributed by atoms with Crippen LogP contribution in [0.25, 0.3) is 0 Å². The molecule has 4 heteroatoms. The lowest BCUT2D eigenvalue weighted by Gasteiger charge is -2.18. The molecule has 4 nitrogen and oxygen atoms in total. The molecule has 0 aromatic rings. The Bertz CT molecular complexity index is 155. The zero-order valence-corrected chi connectivity index (χ0v) is 5.10. The number of carbonyl (C=O) groups is 2. The van der Waals surface area contributed by atoms with Gasteiger partial charge >= 0.3 is 11.8 Å². The van der Waals surface area contributed by atoms with Gasteiger partial charge in [0.25, 0.3) is 0 Å². The average Bonchev–Trinajstić information content (AvgIpc) is 1.80. The molecule has 9 heavy (non-hydrogen) atoms. The van der Waals surface area contributed by atoms with E-state index in [4.69, 9.17) is 0 Å². The molecule has 0 aromatic heterocycles. The van der Waals surface area contributed by atoms with Crippen LogP contribution in [0, 0.1) is 0 Å². The number of carbonyl (C=O) groups excluding carboxylic acids is 2. The van der Waals surface area contributed by atoms with Gasteiger partial charge in [0.15, 0.2) is 0 Å². The molecule has 1 heterocycles. The third-order valence-electron chi connectivity index (χ3n) is 1.15. The number of nitrogens with one attached hydrogen (secondary N) is 2. The van der Waals surface area contributed by atoms with Gasteiger partial charge in [-0.25, -0.2) is 0 Å². The first kappa shape index (κ1) is 6.07. The molecule has 1 rings (SSSR count). The molecule has 0 aromatic carbocycles. The Morgan fingerprint density at radius 2 is 2.11 bits per heavy atom. The van der Waals surface area contributed by atoms with E-state index in [-0.39, 0.29) is 6.04 Å². The first-order valence-electron chi connectivity index (χ1n) is 2.79. The van der Waals surface area contributed by atoms with Crippen LogP contribution in [0.1, 0.15) is 6.92 Å². The average molecular weight is 128 g/mol. The number of amides is 2. The van der Waals surface area contributed by atoms with Gasteiger partial charge in [0, 0.05) is 12.6 Å². The summed E-state index contributed by atoms with van der Waals surface area (Å²) in [6.07, 6.45) is 0. The fourth-order valence-electron chi connectivity index (χ4n) is 0.666. The van der Waals surface area contributed by atoms with Crippen molar-refractivity contribution in [2.45, 2.75) is 13.0 Å². The van der Waals surface area contributed by atoms with Crippen molar-refractivity contribution in [1.29, 1.82) is 0 Å². The zero-order chi connectivity index (χ0) is 6.85. The zero-order valence-electron chi connectivity index (χ0n) is 5.10. The Morgan fingerprint density at radius 1 is 1.44 bits per heavy atom. The van der Waals surface area contributed by atoms with Crippen molar-refractivity contribution >= 4 is 11.8 Å². The molecule has 1 saturated heterocycles. The van der Waals surface area contributed by atoms with Crippen LogP contribution in [0.15, 0.2) is 0 Å². The normalized spacial score (nSPS) is 27.0. The van der Waals surface area contributed by atoms with Crippen molar-refractivity contribution in [1.82, 2.24) is 10.6 Å². The molecule has 0 unspecified atom stereocenters. The van der Waals surface area contributed by atoms with E-state index < -0.39 is 11.8 Å². The molecule has 0 bridgehead atoms. The van der Waals surface area contributed by atoms with Crippen molar-refractivity contribution in [3.05, 3.63) is 0 Å². The molecule has 0 aliphatic carbocycles. The fourth-order valence-corrected chi connectivity index (χ4v) is 0.666. The van der Waals surface area contributed by atoms with E-state index in [9.17, 15) is 9.59 Å².